The molecule has 0 aliphatic rings. The van der Waals surface area contributed by atoms with E-state index in [0.29, 0.717) is 35.1 Å². The first-order valence-corrected chi connectivity index (χ1v) is 13.2. The summed E-state index contributed by atoms with van der Waals surface area (Å²) in [6, 6.07) is 16.4. The van der Waals surface area contributed by atoms with Gasteiger partial charge < -0.3 is 14.8 Å². The highest BCUT2D eigenvalue weighted by Crippen LogP contribution is 2.29. The van der Waals surface area contributed by atoms with Crippen molar-refractivity contribution in [1.82, 2.24) is 0 Å². The highest BCUT2D eigenvalue weighted by atomic mass is 35.5. The molecular weight excluding hydrogens is 504 g/mol. The molecule has 0 spiro atoms. The maximum absolute atomic E-state index is 13.0. The van der Waals surface area contributed by atoms with E-state index in [1.165, 1.54) is 42.5 Å². The second-order valence-corrected chi connectivity index (χ2v) is 9.84. The van der Waals surface area contributed by atoms with Crippen LogP contribution in [-0.4, -0.2) is 33.5 Å². The van der Waals surface area contributed by atoms with E-state index in [9.17, 15) is 18.0 Å². The number of anilines is 2. The van der Waals surface area contributed by atoms with Gasteiger partial charge in [0.1, 0.15) is 5.75 Å². The van der Waals surface area contributed by atoms with Crippen molar-refractivity contribution >= 4 is 44.9 Å². The largest absolute Gasteiger partial charge is 0.492 e. The smallest absolute Gasteiger partial charge is 0.338 e. The Kier molecular flexibility index (Phi) is 9.32. The van der Waals surface area contributed by atoms with Gasteiger partial charge in [-0.1, -0.05) is 24.9 Å². The number of esters is 1. The van der Waals surface area contributed by atoms with E-state index in [4.69, 9.17) is 21.1 Å². The summed E-state index contributed by atoms with van der Waals surface area (Å²) >= 11 is 5.88. The number of sulfonamides is 1. The van der Waals surface area contributed by atoms with Crippen LogP contribution in [-0.2, 0) is 14.8 Å². The van der Waals surface area contributed by atoms with Crippen molar-refractivity contribution in [3.8, 4) is 5.75 Å². The molecule has 190 valence electrons. The van der Waals surface area contributed by atoms with Crippen LogP contribution in [0.1, 0.15) is 47.4 Å². The van der Waals surface area contributed by atoms with Crippen molar-refractivity contribution < 1.29 is 27.5 Å². The van der Waals surface area contributed by atoms with Gasteiger partial charge in [-0.2, -0.15) is 0 Å². The fraction of sp³-hybridized carbons (Fsp3) is 0.231. The zero-order valence-corrected chi connectivity index (χ0v) is 21.5. The standard InChI is InChI=1S/C26H27ClN2O6S/c1-3-5-16-35-26(31)19-8-12-21(13-9-19)29-36(32,33)22-14-15-24(34-4-2)23(17-22)28-25(30)18-6-10-20(27)11-7-18/h6-15,17,29H,3-5,16H2,1-2H3,(H,28,30). The number of nitrogens with one attached hydrogen (secondary N) is 2. The van der Waals surface area contributed by atoms with E-state index in [2.05, 4.69) is 10.0 Å². The van der Waals surface area contributed by atoms with Crippen molar-refractivity contribution in [2.45, 2.75) is 31.6 Å². The van der Waals surface area contributed by atoms with Crippen molar-refractivity contribution in [2.75, 3.05) is 23.3 Å². The van der Waals surface area contributed by atoms with Gasteiger partial charge >= 0.3 is 5.97 Å². The minimum absolute atomic E-state index is 0.0830. The Morgan fingerprint density at radius 2 is 1.58 bits per heavy atom. The van der Waals surface area contributed by atoms with Gasteiger partial charge in [-0.05, 0) is 80.1 Å². The lowest BCUT2D eigenvalue weighted by Crippen LogP contribution is -2.16. The average Bonchev–Trinajstić information content (AvgIpc) is 2.86. The van der Waals surface area contributed by atoms with Crippen LogP contribution in [0.5, 0.6) is 5.75 Å². The molecule has 0 aliphatic heterocycles. The Bertz CT molecular complexity index is 1310. The molecule has 1 amide bonds. The van der Waals surface area contributed by atoms with E-state index in [1.807, 2.05) is 6.92 Å². The van der Waals surface area contributed by atoms with Crippen molar-refractivity contribution in [3.63, 3.8) is 0 Å². The van der Waals surface area contributed by atoms with Crippen LogP contribution in [0.15, 0.2) is 71.6 Å². The quantitative estimate of drug-likeness (QED) is 0.241. The van der Waals surface area contributed by atoms with Gasteiger partial charge in [0.05, 0.1) is 29.4 Å². The van der Waals surface area contributed by atoms with E-state index in [1.54, 1.807) is 31.2 Å². The second-order valence-electron chi connectivity index (χ2n) is 7.72. The highest BCUT2D eigenvalue weighted by molar-refractivity contribution is 7.92. The zero-order valence-electron chi connectivity index (χ0n) is 19.9. The van der Waals surface area contributed by atoms with Crippen LogP contribution in [0.4, 0.5) is 11.4 Å². The fourth-order valence-electron chi connectivity index (χ4n) is 3.13. The minimum atomic E-state index is -4.01. The molecule has 0 aromatic heterocycles. The Balaban J connectivity index is 1.78. The summed E-state index contributed by atoms with van der Waals surface area (Å²) in [7, 11) is -4.01. The maximum Gasteiger partial charge on any atom is 0.338 e. The Hall–Kier alpha value is -3.56. The molecule has 0 aliphatic carbocycles. The van der Waals surface area contributed by atoms with Gasteiger partial charge in [0.15, 0.2) is 0 Å². The molecule has 0 saturated heterocycles. The lowest BCUT2D eigenvalue weighted by atomic mass is 10.2. The number of amides is 1. The Morgan fingerprint density at radius 3 is 2.22 bits per heavy atom. The van der Waals surface area contributed by atoms with Crippen LogP contribution < -0.4 is 14.8 Å². The molecule has 3 aromatic rings. The number of carbonyl (C=O) groups is 2. The first-order chi connectivity index (χ1) is 17.2. The number of benzene rings is 3. The number of rotatable bonds is 11. The summed E-state index contributed by atoms with van der Waals surface area (Å²) < 4.78 is 39.3. The van der Waals surface area contributed by atoms with Crippen LogP contribution in [0.25, 0.3) is 0 Å². The summed E-state index contributed by atoms with van der Waals surface area (Å²) in [5.41, 5.74) is 1.13. The van der Waals surface area contributed by atoms with Crippen molar-refractivity contribution in [2.24, 2.45) is 0 Å². The molecule has 0 radical (unpaired) electrons. The first-order valence-electron chi connectivity index (χ1n) is 11.4. The van der Waals surface area contributed by atoms with Crippen molar-refractivity contribution in [3.05, 3.63) is 82.9 Å². The molecular formula is C26H27ClN2O6S. The third-order valence-corrected chi connectivity index (χ3v) is 6.65. The molecule has 10 heteroatoms. The van der Waals surface area contributed by atoms with Crippen molar-refractivity contribution in [1.29, 1.82) is 0 Å². The molecule has 0 fully saturated rings. The number of halogens is 1. The van der Waals surface area contributed by atoms with Crippen LogP contribution in [0.3, 0.4) is 0 Å². The fourth-order valence-corrected chi connectivity index (χ4v) is 4.34. The molecule has 2 N–H and O–H groups in total. The topological polar surface area (TPSA) is 111 Å². The second kappa shape index (κ2) is 12.4. The SMILES string of the molecule is CCCCOC(=O)c1ccc(NS(=O)(=O)c2ccc(OCC)c(NC(=O)c3ccc(Cl)cc3)c2)cc1. The number of hydrogen-bond donors (Lipinski definition) is 2. The molecule has 3 aromatic carbocycles. The number of unbranched alkanes of at least 4 members (excludes halogenated alkanes) is 1. The molecule has 8 nitrogen and oxygen atoms in total. The van der Waals surface area contributed by atoms with Gasteiger partial charge in [0, 0.05) is 16.3 Å². The van der Waals surface area contributed by atoms with Gasteiger partial charge in [0.25, 0.3) is 15.9 Å². The lowest BCUT2D eigenvalue weighted by molar-refractivity contribution is 0.0499. The third kappa shape index (κ3) is 7.22. The van der Waals surface area contributed by atoms with E-state index < -0.39 is 21.9 Å². The predicted octanol–water partition coefficient (Wildman–Crippen LogP) is 5.75. The molecule has 0 atom stereocenters. The zero-order chi connectivity index (χ0) is 26.1. The summed E-state index contributed by atoms with van der Waals surface area (Å²) in [6.07, 6.45) is 1.68. The normalized spacial score (nSPS) is 11.0. The molecule has 0 saturated carbocycles. The minimum Gasteiger partial charge on any atom is -0.492 e. The monoisotopic (exact) mass is 530 g/mol. The Morgan fingerprint density at radius 1 is 0.917 bits per heavy atom. The molecule has 0 bridgehead atoms. The maximum atomic E-state index is 13.0. The molecule has 36 heavy (non-hydrogen) atoms. The summed E-state index contributed by atoms with van der Waals surface area (Å²) in [4.78, 5) is 24.7. The number of carbonyl (C=O) groups excluding carboxylic acids is 2. The summed E-state index contributed by atoms with van der Waals surface area (Å²) in [6.45, 7) is 4.43. The molecule has 0 unspecified atom stereocenters. The van der Waals surface area contributed by atoms with Crippen LogP contribution >= 0.6 is 11.6 Å². The predicted molar refractivity (Wildman–Crippen MR) is 139 cm³/mol. The van der Waals surface area contributed by atoms with Gasteiger partial charge in [-0.25, -0.2) is 13.2 Å². The van der Waals surface area contributed by atoms with E-state index in [-0.39, 0.29) is 16.3 Å². The summed E-state index contributed by atoms with van der Waals surface area (Å²) in [5, 5.41) is 3.19. The average molecular weight is 531 g/mol. The van der Waals surface area contributed by atoms with Gasteiger partial charge in [-0.3, -0.25) is 9.52 Å². The van der Waals surface area contributed by atoms with Gasteiger partial charge in [0.2, 0.25) is 0 Å². The Labute approximate surface area is 215 Å². The highest BCUT2D eigenvalue weighted by Gasteiger charge is 2.19. The third-order valence-electron chi connectivity index (χ3n) is 5.02. The first kappa shape index (κ1) is 27.0. The van der Waals surface area contributed by atoms with E-state index >= 15 is 0 Å². The van der Waals surface area contributed by atoms with Crippen LogP contribution in [0, 0.1) is 0 Å². The number of hydrogen-bond acceptors (Lipinski definition) is 6. The molecule has 3 rings (SSSR count). The summed E-state index contributed by atoms with van der Waals surface area (Å²) in [5.74, 6) is -0.591. The lowest BCUT2D eigenvalue weighted by Gasteiger charge is -2.14. The van der Waals surface area contributed by atoms with Crippen LogP contribution in [0.2, 0.25) is 5.02 Å². The van der Waals surface area contributed by atoms with Gasteiger partial charge in [-0.15, -0.1) is 0 Å². The molecule has 0 heterocycles. The van der Waals surface area contributed by atoms with E-state index in [0.717, 1.165) is 12.8 Å². The number of ether oxygens (including phenoxy) is 2.